The number of hydrogen-bond donors (Lipinski definition) is 0. The van der Waals surface area contributed by atoms with Crippen LogP contribution in [0.15, 0.2) is 42.5 Å². The van der Waals surface area contributed by atoms with Gasteiger partial charge in [0, 0.05) is 11.1 Å². The second-order valence-corrected chi connectivity index (χ2v) is 4.39. The van der Waals surface area contributed by atoms with E-state index >= 15 is 0 Å². The average Bonchev–Trinajstić information content (AvgIpc) is 2.37. The van der Waals surface area contributed by atoms with Crippen LogP contribution in [0.1, 0.15) is 15.9 Å². The van der Waals surface area contributed by atoms with E-state index < -0.39 is 22.8 Å². The van der Waals surface area contributed by atoms with Gasteiger partial charge in [0.15, 0.2) is 0 Å². The fourth-order valence-corrected chi connectivity index (χ4v) is 1.86. The summed E-state index contributed by atoms with van der Waals surface area (Å²) in [5, 5.41) is -1.03. The van der Waals surface area contributed by atoms with Gasteiger partial charge in [0.25, 0.3) is 5.24 Å². The lowest BCUT2D eigenvalue weighted by atomic mass is 9.99. The molecule has 0 amide bonds. The standard InChI is InChI=1S/C14H7ClF4O/c15-13(20)9-5-8(6-10(7-9)14(17,18)19)11-3-1-2-4-12(11)16/h1-7H. The maximum atomic E-state index is 13.6. The zero-order valence-corrected chi connectivity index (χ0v) is 10.6. The molecule has 0 aliphatic rings. The highest BCUT2D eigenvalue weighted by atomic mass is 35.5. The van der Waals surface area contributed by atoms with Crippen LogP contribution in [0.25, 0.3) is 11.1 Å². The Morgan fingerprint density at radius 3 is 2.25 bits per heavy atom. The predicted molar refractivity (Wildman–Crippen MR) is 67.0 cm³/mol. The lowest BCUT2D eigenvalue weighted by Gasteiger charge is -2.11. The molecule has 0 aromatic heterocycles. The first kappa shape index (κ1) is 14.5. The molecule has 0 unspecified atom stereocenters. The van der Waals surface area contributed by atoms with E-state index in [9.17, 15) is 22.4 Å². The molecule has 20 heavy (non-hydrogen) atoms. The van der Waals surface area contributed by atoms with Gasteiger partial charge < -0.3 is 0 Å². The minimum atomic E-state index is -4.65. The van der Waals surface area contributed by atoms with Crippen LogP contribution in [0.5, 0.6) is 0 Å². The smallest absolute Gasteiger partial charge is 0.276 e. The molecule has 0 N–H and O–H groups in total. The summed E-state index contributed by atoms with van der Waals surface area (Å²) in [6.07, 6.45) is -4.65. The molecule has 1 nitrogen and oxygen atoms in total. The van der Waals surface area contributed by atoms with E-state index in [-0.39, 0.29) is 16.7 Å². The zero-order valence-electron chi connectivity index (χ0n) is 9.84. The summed E-state index contributed by atoms with van der Waals surface area (Å²) in [6.45, 7) is 0. The maximum Gasteiger partial charge on any atom is 0.416 e. The zero-order chi connectivity index (χ0) is 14.9. The van der Waals surface area contributed by atoms with Crippen molar-refractivity contribution in [3.63, 3.8) is 0 Å². The van der Waals surface area contributed by atoms with Crippen LogP contribution in [0.4, 0.5) is 17.6 Å². The van der Waals surface area contributed by atoms with Crippen LogP contribution in [0.2, 0.25) is 0 Å². The number of rotatable bonds is 2. The van der Waals surface area contributed by atoms with Gasteiger partial charge in [-0.1, -0.05) is 18.2 Å². The first-order valence-electron chi connectivity index (χ1n) is 5.46. The number of carbonyl (C=O) groups excluding carboxylic acids is 1. The number of alkyl halides is 3. The van der Waals surface area contributed by atoms with Crippen LogP contribution in [-0.2, 0) is 6.18 Å². The Bertz CT molecular complexity index is 664. The van der Waals surface area contributed by atoms with Crippen LogP contribution >= 0.6 is 11.6 Å². The molecular formula is C14H7ClF4O. The Hall–Kier alpha value is -1.88. The SMILES string of the molecule is O=C(Cl)c1cc(-c2ccccc2F)cc(C(F)(F)F)c1. The maximum absolute atomic E-state index is 13.6. The summed E-state index contributed by atoms with van der Waals surface area (Å²) >= 11 is 5.22. The number of benzene rings is 2. The van der Waals surface area contributed by atoms with Crippen LogP contribution < -0.4 is 0 Å². The van der Waals surface area contributed by atoms with Gasteiger partial charge in [-0.05, 0) is 41.4 Å². The van der Waals surface area contributed by atoms with Gasteiger partial charge >= 0.3 is 6.18 Å². The second kappa shape index (κ2) is 5.25. The van der Waals surface area contributed by atoms with Crippen LogP contribution in [0, 0.1) is 5.82 Å². The molecule has 0 atom stereocenters. The molecule has 0 saturated carbocycles. The van der Waals surface area contributed by atoms with E-state index in [0.717, 1.165) is 18.2 Å². The Morgan fingerprint density at radius 2 is 1.70 bits per heavy atom. The predicted octanol–water partition coefficient (Wildman–Crippen LogP) is 4.89. The Morgan fingerprint density at radius 1 is 1.05 bits per heavy atom. The van der Waals surface area contributed by atoms with Crippen LogP contribution in [-0.4, -0.2) is 5.24 Å². The molecule has 6 heteroatoms. The van der Waals surface area contributed by atoms with Gasteiger partial charge in [0.2, 0.25) is 0 Å². The molecule has 0 bridgehead atoms. The van der Waals surface area contributed by atoms with Crippen molar-refractivity contribution >= 4 is 16.8 Å². The summed E-state index contributed by atoms with van der Waals surface area (Å²) in [4.78, 5) is 11.1. The quantitative estimate of drug-likeness (QED) is 0.570. The van der Waals surface area contributed by atoms with Gasteiger partial charge in [-0.15, -0.1) is 0 Å². The van der Waals surface area contributed by atoms with Crippen molar-refractivity contribution in [1.29, 1.82) is 0 Å². The van der Waals surface area contributed by atoms with E-state index in [1.165, 1.54) is 18.2 Å². The van der Waals surface area contributed by atoms with Crippen molar-refractivity contribution in [2.75, 3.05) is 0 Å². The third kappa shape index (κ3) is 2.99. The minimum absolute atomic E-state index is 0.0298. The van der Waals surface area contributed by atoms with Gasteiger partial charge in [0.05, 0.1) is 5.56 Å². The molecule has 2 aromatic carbocycles. The summed E-state index contributed by atoms with van der Waals surface area (Å²) < 4.78 is 52.0. The number of hydrogen-bond acceptors (Lipinski definition) is 1. The van der Waals surface area contributed by atoms with Crippen LogP contribution in [0.3, 0.4) is 0 Å². The topological polar surface area (TPSA) is 17.1 Å². The van der Waals surface area contributed by atoms with E-state index in [1.807, 2.05) is 0 Å². The lowest BCUT2D eigenvalue weighted by Crippen LogP contribution is -2.07. The highest BCUT2D eigenvalue weighted by Gasteiger charge is 2.32. The van der Waals surface area contributed by atoms with E-state index in [0.29, 0.717) is 6.07 Å². The van der Waals surface area contributed by atoms with Crippen molar-refractivity contribution in [3.8, 4) is 11.1 Å². The van der Waals surface area contributed by atoms with Crippen molar-refractivity contribution < 1.29 is 22.4 Å². The molecule has 0 heterocycles. The fourth-order valence-electron chi connectivity index (χ4n) is 1.76. The van der Waals surface area contributed by atoms with Gasteiger partial charge in [-0.25, -0.2) is 4.39 Å². The molecule has 0 radical (unpaired) electrons. The monoisotopic (exact) mass is 302 g/mol. The van der Waals surface area contributed by atoms with Gasteiger partial charge in [-0.2, -0.15) is 13.2 Å². The second-order valence-electron chi connectivity index (χ2n) is 4.05. The molecule has 0 fully saturated rings. The Labute approximate surface area is 116 Å². The van der Waals surface area contributed by atoms with E-state index in [4.69, 9.17) is 11.6 Å². The first-order valence-corrected chi connectivity index (χ1v) is 5.84. The third-order valence-corrected chi connectivity index (χ3v) is 2.89. The first-order chi connectivity index (χ1) is 9.29. The van der Waals surface area contributed by atoms with Gasteiger partial charge in [0.1, 0.15) is 5.82 Å². The normalized spacial score (nSPS) is 11.4. The van der Waals surface area contributed by atoms with E-state index in [2.05, 4.69) is 0 Å². The third-order valence-electron chi connectivity index (χ3n) is 2.67. The average molecular weight is 303 g/mol. The summed E-state index contributed by atoms with van der Waals surface area (Å²) in [5.41, 5.74) is -1.47. The molecular weight excluding hydrogens is 296 g/mol. The number of carbonyl (C=O) groups is 1. The van der Waals surface area contributed by atoms with E-state index in [1.54, 1.807) is 0 Å². The molecule has 0 spiro atoms. The van der Waals surface area contributed by atoms with Crippen molar-refractivity contribution in [2.45, 2.75) is 6.18 Å². The fraction of sp³-hybridized carbons (Fsp3) is 0.0714. The molecule has 2 rings (SSSR count). The Kier molecular flexibility index (Phi) is 3.81. The summed E-state index contributed by atoms with van der Waals surface area (Å²) in [5.74, 6) is -0.681. The molecule has 0 saturated heterocycles. The molecule has 104 valence electrons. The summed E-state index contributed by atoms with van der Waals surface area (Å²) in [6, 6.07) is 7.90. The minimum Gasteiger partial charge on any atom is -0.276 e. The lowest BCUT2D eigenvalue weighted by molar-refractivity contribution is -0.137. The Balaban J connectivity index is 2.68. The highest BCUT2D eigenvalue weighted by Crippen LogP contribution is 2.34. The summed E-state index contributed by atoms with van der Waals surface area (Å²) in [7, 11) is 0. The highest BCUT2D eigenvalue weighted by molar-refractivity contribution is 6.67. The van der Waals surface area contributed by atoms with Crippen molar-refractivity contribution in [2.24, 2.45) is 0 Å². The number of halogens is 5. The van der Waals surface area contributed by atoms with Gasteiger partial charge in [-0.3, -0.25) is 4.79 Å². The molecule has 0 aliphatic heterocycles. The van der Waals surface area contributed by atoms with Crippen molar-refractivity contribution in [3.05, 3.63) is 59.4 Å². The van der Waals surface area contributed by atoms with Crippen molar-refractivity contribution in [1.82, 2.24) is 0 Å². The molecule has 0 aliphatic carbocycles. The molecule has 2 aromatic rings. The largest absolute Gasteiger partial charge is 0.416 e.